The van der Waals surface area contributed by atoms with Crippen LogP contribution < -0.4 is 15.4 Å². The third-order valence-corrected chi connectivity index (χ3v) is 5.48. The molecule has 2 aliphatic rings. The molecule has 1 aliphatic carbocycles. The maximum absolute atomic E-state index is 12.4. The Balaban J connectivity index is 0.00000280. The molecule has 3 rings (SSSR count). The van der Waals surface area contributed by atoms with Crippen LogP contribution in [0.1, 0.15) is 44.6 Å². The van der Waals surface area contributed by atoms with E-state index in [1.54, 1.807) is 6.92 Å². The first kappa shape index (κ1) is 22.5. The van der Waals surface area contributed by atoms with Gasteiger partial charge in [0.2, 0.25) is 5.91 Å². The maximum Gasteiger partial charge on any atom is 0.344 e. The van der Waals surface area contributed by atoms with Gasteiger partial charge in [0.05, 0.1) is 12.6 Å². The van der Waals surface area contributed by atoms with E-state index in [0.717, 1.165) is 18.4 Å². The van der Waals surface area contributed by atoms with Crippen LogP contribution in [-0.2, 0) is 20.7 Å². The Kier molecular flexibility index (Phi) is 9.06. The highest BCUT2D eigenvalue weighted by Crippen LogP contribution is 2.33. The largest absolute Gasteiger partial charge is 0.482 e. The molecule has 3 unspecified atom stereocenters. The highest BCUT2D eigenvalue weighted by atomic mass is 35.5. The molecule has 0 radical (unpaired) electrons. The Morgan fingerprint density at radius 3 is 2.64 bits per heavy atom. The summed E-state index contributed by atoms with van der Waals surface area (Å²) in [5.41, 5.74) is 1.12. The number of rotatable bonds is 8. The molecule has 1 aromatic rings. The lowest BCUT2D eigenvalue weighted by Crippen LogP contribution is -2.43. The Hall–Kier alpha value is -1.79. The van der Waals surface area contributed by atoms with E-state index in [1.165, 1.54) is 25.7 Å². The zero-order valence-corrected chi connectivity index (χ0v) is 17.3. The third-order valence-electron chi connectivity index (χ3n) is 5.48. The van der Waals surface area contributed by atoms with Crippen molar-refractivity contribution in [1.29, 1.82) is 0 Å². The number of carbonyl (C=O) groups excluding carboxylic acids is 2. The van der Waals surface area contributed by atoms with E-state index in [-0.39, 0.29) is 36.9 Å². The minimum Gasteiger partial charge on any atom is -0.482 e. The molecule has 6 nitrogen and oxygen atoms in total. The molecule has 1 amide bonds. The molecule has 1 saturated carbocycles. The predicted molar refractivity (Wildman–Crippen MR) is 110 cm³/mol. The second-order valence-electron chi connectivity index (χ2n) is 7.38. The SMILES string of the molecule is CCOC(=O)COc1ccc(CCNC(=O)C2CC3CCCCC3N2)cc1.Cl. The van der Waals surface area contributed by atoms with Gasteiger partial charge in [0.25, 0.3) is 0 Å². The van der Waals surface area contributed by atoms with Crippen LogP contribution in [0, 0.1) is 5.92 Å². The highest BCUT2D eigenvalue weighted by molar-refractivity contribution is 5.85. The number of benzene rings is 1. The molecule has 0 spiro atoms. The fourth-order valence-corrected chi connectivity index (χ4v) is 4.07. The number of esters is 1. The van der Waals surface area contributed by atoms with Gasteiger partial charge in [-0.25, -0.2) is 4.79 Å². The van der Waals surface area contributed by atoms with Gasteiger partial charge in [-0.2, -0.15) is 0 Å². The molecule has 1 saturated heterocycles. The normalized spacial score (nSPS) is 23.2. The Bertz CT molecular complexity index is 624. The number of hydrogen-bond donors (Lipinski definition) is 2. The van der Waals surface area contributed by atoms with E-state index in [9.17, 15) is 9.59 Å². The van der Waals surface area contributed by atoms with Gasteiger partial charge in [-0.3, -0.25) is 4.79 Å². The molecule has 3 atom stereocenters. The van der Waals surface area contributed by atoms with Crippen LogP contribution >= 0.6 is 12.4 Å². The van der Waals surface area contributed by atoms with Crippen molar-refractivity contribution < 1.29 is 19.1 Å². The molecular formula is C21H31ClN2O4. The van der Waals surface area contributed by atoms with E-state index in [0.29, 0.717) is 30.9 Å². The molecule has 156 valence electrons. The van der Waals surface area contributed by atoms with Crippen LogP contribution in [0.3, 0.4) is 0 Å². The van der Waals surface area contributed by atoms with Crippen molar-refractivity contribution in [2.24, 2.45) is 5.92 Å². The summed E-state index contributed by atoms with van der Waals surface area (Å²) < 4.78 is 10.2. The highest BCUT2D eigenvalue weighted by Gasteiger charge is 2.37. The molecule has 1 aliphatic heterocycles. The van der Waals surface area contributed by atoms with E-state index in [2.05, 4.69) is 10.6 Å². The molecule has 28 heavy (non-hydrogen) atoms. The summed E-state index contributed by atoms with van der Waals surface area (Å²) in [4.78, 5) is 23.7. The van der Waals surface area contributed by atoms with Gasteiger partial charge in [-0.1, -0.05) is 25.0 Å². The zero-order valence-electron chi connectivity index (χ0n) is 16.4. The first-order valence-corrected chi connectivity index (χ1v) is 10.1. The van der Waals surface area contributed by atoms with Crippen LogP contribution in [0.15, 0.2) is 24.3 Å². The fourth-order valence-electron chi connectivity index (χ4n) is 4.07. The van der Waals surface area contributed by atoms with Crippen LogP contribution in [0.5, 0.6) is 5.75 Å². The molecule has 2 fully saturated rings. The van der Waals surface area contributed by atoms with Gasteiger partial charge in [0.15, 0.2) is 6.61 Å². The van der Waals surface area contributed by atoms with Gasteiger partial charge in [0.1, 0.15) is 5.75 Å². The predicted octanol–water partition coefficient (Wildman–Crippen LogP) is 2.63. The van der Waals surface area contributed by atoms with E-state index in [1.807, 2.05) is 24.3 Å². The van der Waals surface area contributed by atoms with Gasteiger partial charge in [-0.05, 0) is 56.2 Å². The number of ether oxygens (including phenoxy) is 2. The van der Waals surface area contributed by atoms with Crippen molar-refractivity contribution in [3.8, 4) is 5.75 Å². The molecule has 1 heterocycles. The van der Waals surface area contributed by atoms with Crippen LogP contribution in [0.4, 0.5) is 0 Å². The van der Waals surface area contributed by atoms with Crippen molar-refractivity contribution in [3.63, 3.8) is 0 Å². The number of carbonyl (C=O) groups is 2. The Morgan fingerprint density at radius 1 is 1.18 bits per heavy atom. The van der Waals surface area contributed by atoms with Crippen molar-refractivity contribution in [2.75, 3.05) is 19.8 Å². The summed E-state index contributed by atoms with van der Waals surface area (Å²) in [6.45, 7) is 2.65. The number of nitrogens with one attached hydrogen (secondary N) is 2. The maximum atomic E-state index is 12.4. The average Bonchev–Trinajstić information content (AvgIpc) is 3.12. The van der Waals surface area contributed by atoms with E-state index >= 15 is 0 Å². The summed E-state index contributed by atoms with van der Waals surface area (Å²) >= 11 is 0. The lowest BCUT2D eigenvalue weighted by molar-refractivity contribution is -0.145. The minimum atomic E-state index is -0.371. The molecule has 1 aromatic carbocycles. The van der Waals surface area contributed by atoms with Crippen LogP contribution in [-0.4, -0.2) is 43.7 Å². The lowest BCUT2D eigenvalue weighted by Gasteiger charge is -2.24. The van der Waals surface area contributed by atoms with Crippen LogP contribution in [0.25, 0.3) is 0 Å². The smallest absolute Gasteiger partial charge is 0.344 e. The third kappa shape index (κ3) is 6.38. The number of halogens is 1. The van der Waals surface area contributed by atoms with Crippen molar-refractivity contribution in [1.82, 2.24) is 10.6 Å². The monoisotopic (exact) mass is 410 g/mol. The first-order chi connectivity index (χ1) is 13.2. The number of fused-ring (bicyclic) bond motifs is 1. The molecule has 7 heteroatoms. The molecule has 2 N–H and O–H groups in total. The van der Waals surface area contributed by atoms with Crippen LogP contribution in [0.2, 0.25) is 0 Å². The van der Waals surface area contributed by atoms with Gasteiger partial charge < -0.3 is 20.1 Å². The molecule has 0 bridgehead atoms. The van der Waals surface area contributed by atoms with E-state index in [4.69, 9.17) is 9.47 Å². The topological polar surface area (TPSA) is 76.7 Å². The Morgan fingerprint density at radius 2 is 1.93 bits per heavy atom. The zero-order chi connectivity index (χ0) is 19.1. The molecule has 0 aromatic heterocycles. The second-order valence-corrected chi connectivity index (χ2v) is 7.38. The molecular weight excluding hydrogens is 380 g/mol. The first-order valence-electron chi connectivity index (χ1n) is 10.1. The quantitative estimate of drug-likeness (QED) is 0.644. The average molecular weight is 411 g/mol. The van der Waals surface area contributed by atoms with Gasteiger partial charge in [0, 0.05) is 12.6 Å². The van der Waals surface area contributed by atoms with Crippen molar-refractivity contribution in [3.05, 3.63) is 29.8 Å². The summed E-state index contributed by atoms with van der Waals surface area (Å²) in [6.07, 6.45) is 6.79. The minimum absolute atomic E-state index is 0. The second kappa shape index (κ2) is 11.3. The number of amides is 1. The standard InChI is InChI=1S/C21H30N2O4.ClH/c1-2-26-20(24)14-27-17-9-7-15(8-10-17)11-12-22-21(25)19-13-16-5-3-4-6-18(16)23-19;/h7-10,16,18-19,23H,2-6,11-14H2,1H3,(H,22,25);1H. The summed E-state index contributed by atoms with van der Waals surface area (Å²) in [5, 5.41) is 6.57. The summed E-state index contributed by atoms with van der Waals surface area (Å²) in [6, 6.07) is 8.08. The number of hydrogen-bond acceptors (Lipinski definition) is 5. The summed E-state index contributed by atoms with van der Waals surface area (Å²) in [7, 11) is 0. The van der Waals surface area contributed by atoms with Gasteiger partial charge in [-0.15, -0.1) is 12.4 Å². The fraction of sp³-hybridized carbons (Fsp3) is 0.619. The van der Waals surface area contributed by atoms with Crippen molar-refractivity contribution >= 4 is 24.3 Å². The summed E-state index contributed by atoms with van der Waals surface area (Å²) in [5.74, 6) is 1.06. The van der Waals surface area contributed by atoms with Gasteiger partial charge >= 0.3 is 5.97 Å². The Labute approximate surface area is 173 Å². The lowest BCUT2D eigenvalue weighted by atomic mass is 9.85. The van der Waals surface area contributed by atoms with E-state index < -0.39 is 0 Å². The van der Waals surface area contributed by atoms with Crippen molar-refractivity contribution in [2.45, 2.75) is 57.5 Å².